The zero-order chi connectivity index (χ0) is 23.2. The third kappa shape index (κ3) is 9.87. The van der Waals surface area contributed by atoms with Crippen LogP contribution in [-0.4, -0.2) is 123 Å². The molecule has 6 fully saturated rings. The summed E-state index contributed by atoms with van der Waals surface area (Å²) < 4.78 is 5.42. The lowest BCUT2D eigenvalue weighted by Crippen LogP contribution is -3.00. The van der Waals surface area contributed by atoms with Crippen molar-refractivity contribution in [3.63, 3.8) is 0 Å². The molecule has 0 radical (unpaired) electrons. The van der Waals surface area contributed by atoms with Crippen molar-refractivity contribution in [2.24, 2.45) is 0 Å². The van der Waals surface area contributed by atoms with E-state index in [2.05, 4.69) is 10.9 Å². The number of nitrogens with zero attached hydrogens (tertiary/aromatic N) is 4. The first-order valence-corrected chi connectivity index (χ1v) is 15.6. The molecule has 0 aliphatic carbocycles. The Morgan fingerprint density at radius 2 is 0.579 bits per heavy atom. The summed E-state index contributed by atoms with van der Waals surface area (Å²) in [5.74, 6) is 0. The Balaban J connectivity index is 0.000000344. The van der Waals surface area contributed by atoms with Gasteiger partial charge in [0.25, 0.3) is 0 Å². The first-order chi connectivity index (χ1) is 16.7. The van der Waals surface area contributed by atoms with Crippen molar-refractivity contribution in [2.75, 3.05) is 105 Å². The van der Waals surface area contributed by atoms with Gasteiger partial charge in [-0.3, -0.25) is 0 Å². The van der Waals surface area contributed by atoms with Crippen molar-refractivity contribution < 1.29 is 86.1 Å². The van der Waals surface area contributed by atoms with E-state index in [1.165, 1.54) is 200 Å². The van der Waals surface area contributed by atoms with Crippen LogP contribution in [0.1, 0.15) is 77.0 Å². The summed E-state index contributed by atoms with van der Waals surface area (Å²) in [4.78, 5) is 0. The molecule has 6 saturated heterocycles. The summed E-state index contributed by atoms with van der Waals surface area (Å²) in [6.07, 6.45) is 17.4. The quantitative estimate of drug-likeness (QED) is 0.239. The molecule has 38 heavy (non-hydrogen) atoms. The van der Waals surface area contributed by atoms with Gasteiger partial charge in [0.2, 0.25) is 0 Å². The lowest BCUT2D eigenvalue weighted by Gasteiger charge is -2.42. The van der Waals surface area contributed by atoms with Crippen LogP contribution < -0.4 is 78.8 Å². The number of rotatable bonds is 0. The highest BCUT2D eigenvalue weighted by molar-refractivity contribution is 4.62. The Bertz CT molecular complexity index is 525. The summed E-state index contributed by atoms with van der Waals surface area (Å²) in [7, 11) is 0. The maximum atomic E-state index is 3.82. The number of nitrogens with one attached hydrogen (secondary N) is 2. The number of halogens is 4. The van der Waals surface area contributed by atoms with Crippen LogP contribution in [-0.2, 0) is 0 Å². The van der Waals surface area contributed by atoms with E-state index in [1.54, 1.807) is 0 Å². The van der Waals surface area contributed by atoms with Crippen LogP contribution in [0.5, 0.6) is 0 Å². The highest BCUT2D eigenvalue weighted by atomic mass is 79.9. The SMILES string of the molecule is C1CC[N+]2(CC1)CCC[N+]1(CCCCN1)CC2.C1CC[N+]2(CC1)CCC[N+]1(CCCCN1)CC2.[Br-].[Br-].[Br-].[Br-]. The van der Waals surface area contributed by atoms with Crippen LogP contribution in [0.15, 0.2) is 0 Å². The molecule has 228 valence electrons. The van der Waals surface area contributed by atoms with E-state index >= 15 is 0 Å². The minimum absolute atomic E-state index is 0. The predicted molar refractivity (Wildman–Crippen MR) is 141 cm³/mol. The second-order valence-electron chi connectivity index (χ2n) is 13.2. The Morgan fingerprint density at radius 1 is 0.263 bits per heavy atom. The highest BCUT2D eigenvalue weighted by Gasteiger charge is 2.41. The normalized spacial score (nSPS) is 34.1. The lowest BCUT2D eigenvalue weighted by atomic mass is 10.1. The standard InChI is InChI=1S/2C14H29N3.4BrH/c2*1-3-8-16(9-4-1)10-6-12-17(14-13-16)11-5-2-7-15-17;;;;/h2*15H,1-14H2;4*1H/q2*+2;;;;/p-4. The van der Waals surface area contributed by atoms with Crippen molar-refractivity contribution in [2.45, 2.75) is 77.0 Å². The van der Waals surface area contributed by atoms with Gasteiger partial charge in [-0.15, -0.1) is 0 Å². The van der Waals surface area contributed by atoms with Gasteiger partial charge in [0.1, 0.15) is 39.3 Å². The number of quaternary nitrogens is 4. The van der Waals surface area contributed by atoms with Gasteiger partial charge in [0.15, 0.2) is 0 Å². The van der Waals surface area contributed by atoms with Gasteiger partial charge in [-0.05, 0) is 64.2 Å². The van der Waals surface area contributed by atoms with Crippen molar-refractivity contribution >= 4 is 0 Å². The Labute approximate surface area is 277 Å². The van der Waals surface area contributed by atoms with Crippen LogP contribution >= 0.6 is 0 Å². The van der Waals surface area contributed by atoms with E-state index in [0.717, 1.165) is 0 Å². The molecular formula is C28H58Br4N6. The molecule has 0 bridgehead atoms. The van der Waals surface area contributed by atoms with Gasteiger partial charge >= 0.3 is 0 Å². The number of hydrogen-bond acceptors (Lipinski definition) is 2. The molecule has 6 nitrogen and oxygen atoms in total. The van der Waals surface area contributed by atoms with Crippen molar-refractivity contribution in [3.8, 4) is 0 Å². The molecule has 4 spiro atoms. The van der Waals surface area contributed by atoms with Gasteiger partial charge in [-0.1, -0.05) is 0 Å². The molecule has 0 aromatic carbocycles. The van der Waals surface area contributed by atoms with Crippen molar-refractivity contribution in [3.05, 3.63) is 0 Å². The second-order valence-corrected chi connectivity index (χ2v) is 13.2. The highest BCUT2D eigenvalue weighted by Crippen LogP contribution is 2.26. The van der Waals surface area contributed by atoms with Crippen LogP contribution in [0.4, 0.5) is 0 Å². The summed E-state index contributed by atoms with van der Waals surface area (Å²) in [5, 5.41) is 0. The first-order valence-electron chi connectivity index (χ1n) is 15.6. The fourth-order valence-corrected chi connectivity index (χ4v) is 8.57. The Kier molecular flexibility index (Phi) is 17.6. The van der Waals surface area contributed by atoms with Crippen LogP contribution in [0, 0.1) is 0 Å². The minimum Gasteiger partial charge on any atom is -1.00 e. The van der Waals surface area contributed by atoms with Crippen LogP contribution in [0.3, 0.4) is 0 Å². The number of hydrogen-bond donors (Lipinski definition) is 2. The maximum Gasteiger partial charge on any atom is 0.146 e. The Hall–Kier alpha value is 1.68. The van der Waals surface area contributed by atoms with Gasteiger partial charge in [0, 0.05) is 25.9 Å². The fourth-order valence-electron chi connectivity index (χ4n) is 8.57. The van der Waals surface area contributed by atoms with E-state index in [9.17, 15) is 0 Å². The fraction of sp³-hybridized carbons (Fsp3) is 1.00. The molecular weight excluding hydrogens is 740 g/mol. The molecule has 6 aliphatic rings. The monoisotopic (exact) mass is 794 g/mol. The third-order valence-electron chi connectivity index (χ3n) is 10.9. The van der Waals surface area contributed by atoms with Crippen molar-refractivity contribution in [1.82, 2.24) is 10.9 Å². The van der Waals surface area contributed by atoms with Crippen LogP contribution in [0.25, 0.3) is 0 Å². The van der Waals surface area contributed by atoms with Gasteiger partial charge < -0.3 is 76.9 Å². The molecule has 6 heterocycles. The summed E-state index contributed by atoms with van der Waals surface area (Å²) in [5.41, 5.74) is 7.65. The summed E-state index contributed by atoms with van der Waals surface area (Å²) >= 11 is 0. The average molecular weight is 798 g/mol. The van der Waals surface area contributed by atoms with Crippen molar-refractivity contribution in [1.29, 1.82) is 0 Å². The minimum atomic E-state index is 0. The maximum absolute atomic E-state index is 3.82. The molecule has 6 aliphatic heterocycles. The molecule has 0 aromatic heterocycles. The Morgan fingerprint density at radius 3 is 0.921 bits per heavy atom. The molecule has 2 atom stereocenters. The molecule has 0 amide bonds. The van der Waals surface area contributed by atoms with Crippen LogP contribution in [0.2, 0.25) is 0 Å². The average Bonchev–Trinajstić information content (AvgIpc) is 3.15. The van der Waals surface area contributed by atoms with Gasteiger partial charge in [0.05, 0.1) is 52.4 Å². The molecule has 10 heteroatoms. The van der Waals surface area contributed by atoms with Gasteiger partial charge in [-0.2, -0.15) is 10.9 Å². The number of piperidine rings is 2. The lowest BCUT2D eigenvalue weighted by molar-refractivity contribution is -0.993. The second kappa shape index (κ2) is 17.7. The molecule has 2 N–H and O–H groups in total. The smallest absolute Gasteiger partial charge is 0.146 e. The van der Waals surface area contributed by atoms with E-state index in [0.29, 0.717) is 0 Å². The van der Waals surface area contributed by atoms with Gasteiger partial charge in [-0.25, -0.2) is 9.18 Å². The molecule has 0 aromatic rings. The van der Waals surface area contributed by atoms with E-state index in [4.69, 9.17) is 0 Å². The third-order valence-corrected chi connectivity index (χ3v) is 10.9. The van der Waals surface area contributed by atoms with E-state index in [1.807, 2.05) is 0 Å². The topological polar surface area (TPSA) is 24.1 Å². The predicted octanol–water partition coefficient (Wildman–Crippen LogP) is -8.97. The largest absolute Gasteiger partial charge is 1.00 e. The molecule has 6 rings (SSSR count). The summed E-state index contributed by atoms with van der Waals surface area (Å²) in [6.45, 7) is 22.5. The molecule has 0 saturated carbocycles. The first kappa shape index (κ1) is 37.7. The summed E-state index contributed by atoms with van der Waals surface area (Å²) in [6, 6.07) is 0. The molecule has 2 unspecified atom stereocenters. The zero-order valence-electron chi connectivity index (χ0n) is 24.1. The zero-order valence-corrected chi connectivity index (χ0v) is 30.4. The van der Waals surface area contributed by atoms with E-state index in [-0.39, 0.29) is 67.9 Å². The van der Waals surface area contributed by atoms with E-state index < -0.39 is 0 Å².